The Morgan fingerprint density at radius 3 is 2.53 bits per heavy atom. The number of carboxylic acid groups (broad SMARTS) is 1. The van der Waals surface area contributed by atoms with Crippen LogP contribution in [0.25, 0.3) is 0 Å². The van der Waals surface area contributed by atoms with Gasteiger partial charge in [0, 0.05) is 0 Å². The zero-order chi connectivity index (χ0) is 13.0. The number of methoxy groups -OCH3 is 1. The summed E-state index contributed by atoms with van der Waals surface area (Å²) in [5.74, 6) is -0.476. The first-order valence-corrected chi connectivity index (χ1v) is 5.18. The van der Waals surface area contributed by atoms with E-state index in [2.05, 4.69) is 0 Å². The van der Waals surface area contributed by atoms with Gasteiger partial charge in [0.2, 0.25) is 0 Å². The third-order valence-corrected chi connectivity index (χ3v) is 2.51. The first-order valence-electron chi connectivity index (χ1n) is 5.18. The normalized spacial score (nSPS) is 14.1. The van der Waals surface area contributed by atoms with E-state index in [0.29, 0.717) is 11.3 Å². The van der Waals surface area contributed by atoms with Gasteiger partial charge in [-0.3, -0.25) is 4.79 Å². The molecule has 0 amide bonds. The summed E-state index contributed by atoms with van der Waals surface area (Å²) in [6, 6.07) is 4.93. The summed E-state index contributed by atoms with van der Waals surface area (Å²) in [5.41, 5.74) is 1.28. The van der Waals surface area contributed by atoms with E-state index < -0.39 is 24.6 Å². The van der Waals surface area contributed by atoms with Crippen molar-refractivity contribution in [3.8, 4) is 5.75 Å². The quantitative estimate of drug-likeness (QED) is 0.711. The lowest BCUT2D eigenvalue weighted by Crippen LogP contribution is -2.21. The second-order valence-electron chi connectivity index (χ2n) is 3.84. The third kappa shape index (κ3) is 3.44. The van der Waals surface area contributed by atoms with E-state index in [0.717, 1.165) is 5.56 Å². The zero-order valence-corrected chi connectivity index (χ0v) is 9.75. The molecule has 1 aromatic carbocycles. The Kier molecular flexibility index (Phi) is 4.48. The SMILES string of the molecule is COc1ccc(C(O)C(O)CC(=O)O)cc1C. The molecule has 3 N–H and O–H groups in total. The number of hydrogen-bond donors (Lipinski definition) is 3. The second kappa shape index (κ2) is 5.65. The van der Waals surface area contributed by atoms with Crippen LogP contribution in [0.4, 0.5) is 0 Å². The molecule has 5 heteroatoms. The van der Waals surface area contributed by atoms with Crippen LogP contribution in [0.3, 0.4) is 0 Å². The van der Waals surface area contributed by atoms with Crippen molar-refractivity contribution in [1.29, 1.82) is 0 Å². The summed E-state index contributed by atoms with van der Waals surface area (Å²) < 4.78 is 5.07. The van der Waals surface area contributed by atoms with Crippen LogP contribution in [0.5, 0.6) is 5.75 Å². The fraction of sp³-hybridized carbons (Fsp3) is 0.417. The summed E-state index contributed by atoms with van der Waals surface area (Å²) in [7, 11) is 1.54. The van der Waals surface area contributed by atoms with Gasteiger partial charge in [-0.25, -0.2) is 0 Å². The summed E-state index contributed by atoms with van der Waals surface area (Å²) in [6.07, 6.45) is -3.03. The highest BCUT2D eigenvalue weighted by molar-refractivity contribution is 5.67. The Labute approximate surface area is 99.3 Å². The lowest BCUT2D eigenvalue weighted by Gasteiger charge is -2.17. The number of carboxylic acids is 1. The summed E-state index contributed by atoms with van der Waals surface area (Å²) in [6.45, 7) is 1.80. The van der Waals surface area contributed by atoms with Crippen LogP contribution in [0, 0.1) is 6.92 Å². The molecule has 17 heavy (non-hydrogen) atoms. The molecule has 0 aliphatic heterocycles. The van der Waals surface area contributed by atoms with Gasteiger partial charge in [0.1, 0.15) is 11.9 Å². The number of carbonyl (C=O) groups is 1. The zero-order valence-electron chi connectivity index (χ0n) is 9.75. The molecule has 0 radical (unpaired) electrons. The van der Waals surface area contributed by atoms with Crippen LogP contribution in [-0.4, -0.2) is 34.5 Å². The van der Waals surface area contributed by atoms with Gasteiger partial charge in [-0.05, 0) is 30.2 Å². The van der Waals surface area contributed by atoms with Gasteiger partial charge in [-0.2, -0.15) is 0 Å². The highest BCUT2D eigenvalue weighted by Gasteiger charge is 2.21. The Morgan fingerprint density at radius 2 is 2.06 bits per heavy atom. The first kappa shape index (κ1) is 13.5. The lowest BCUT2D eigenvalue weighted by molar-refractivity contribution is -0.141. The van der Waals surface area contributed by atoms with Gasteiger partial charge in [0.05, 0.1) is 19.6 Å². The molecule has 2 atom stereocenters. The number of aliphatic hydroxyl groups is 2. The minimum absolute atomic E-state index is 0.469. The Hall–Kier alpha value is -1.59. The van der Waals surface area contributed by atoms with Crippen LogP contribution in [0.1, 0.15) is 23.7 Å². The summed E-state index contributed by atoms with van der Waals surface area (Å²) in [4.78, 5) is 10.4. The van der Waals surface area contributed by atoms with Crippen molar-refractivity contribution in [3.63, 3.8) is 0 Å². The van der Waals surface area contributed by atoms with E-state index in [9.17, 15) is 15.0 Å². The molecule has 0 aliphatic rings. The van der Waals surface area contributed by atoms with Crippen LogP contribution in [0.15, 0.2) is 18.2 Å². The molecule has 0 fully saturated rings. The standard InChI is InChI=1S/C12H16O5/c1-7-5-8(3-4-10(7)17-2)12(16)9(13)6-11(14)15/h3-5,9,12-13,16H,6H2,1-2H3,(H,14,15). The molecule has 1 aromatic rings. The molecular weight excluding hydrogens is 224 g/mol. The number of aliphatic carboxylic acids is 1. The van der Waals surface area contributed by atoms with Gasteiger partial charge < -0.3 is 20.1 Å². The van der Waals surface area contributed by atoms with Gasteiger partial charge in [0.15, 0.2) is 0 Å². The van der Waals surface area contributed by atoms with E-state index in [1.54, 1.807) is 25.1 Å². The van der Waals surface area contributed by atoms with Crippen molar-refractivity contribution in [2.75, 3.05) is 7.11 Å². The lowest BCUT2D eigenvalue weighted by atomic mass is 10.00. The van der Waals surface area contributed by atoms with Crippen LogP contribution in [-0.2, 0) is 4.79 Å². The maximum atomic E-state index is 10.4. The van der Waals surface area contributed by atoms with Gasteiger partial charge in [0.25, 0.3) is 0 Å². The average Bonchev–Trinajstić information content (AvgIpc) is 2.27. The molecule has 5 nitrogen and oxygen atoms in total. The van der Waals surface area contributed by atoms with E-state index in [1.165, 1.54) is 7.11 Å². The molecule has 0 aliphatic carbocycles. The Morgan fingerprint density at radius 1 is 1.41 bits per heavy atom. The van der Waals surface area contributed by atoms with Crippen LogP contribution in [0.2, 0.25) is 0 Å². The maximum Gasteiger partial charge on any atom is 0.306 e. The smallest absolute Gasteiger partial charge is 0.306 e. The number of benzene rings is 1. The van der Waals surface area contributed by atoms with Gasteiger partial charge in [-0.1, -0.05) is 6.07 Å². The average molecular weight is 240 g/mol. The highest BCUT2D eigenvalue weighted by Crippen LogP contribution is 2.25. The van der Waals surface area contributed by atoms with E-state index in [-0.39, 0.29) is 0 Å². The third-order valence-electron chi connectivity index (χ3n) is 2.51. The topological polar surface area (TPSA) is 87.0 Å². The minimum atomic E-state index is -1.32. The van der Waals surface area contributed by atoms with E-state index in [4.69, 9.17) is 9.84 Å². The maximum absolute atomic E-state index is 10.4. The van der Waals surface area contributed by atoms with Crippen molar-refractivity contribution < 1.29 is 24.9 Å². The molecule has 94 valence electrons. The Bertz CT molecular complexity index is 402. The van der Waals surface area contributed by atoms with Crippen LogP contribution >= 0.6 is 0 Å². The first-order chi connectivity index (χ1) is 7.95. The molecule has 2 unspecified atom stereocenters. The van der Waals surface area contributed by atoms with Gasteiger partial charge in [-0.15, -0.1) is 0 Å². The van der Waals surface area contributed by atoms with Crippen molar-refractivity contribution in [2.45, 2.75) is 25.6 Å². The molecule has 0 saturated carbocycles. The van der Waals surface area contributed by atoms with Crippen LogP contribution < -0.4 is 4.74 Å². The molecule has 1 rings (SSSR count). The van der Waals surface area contributed by atoms with Crippen molar-refractivity contribution >= 4 is 5.97 Å². The molecular formula is C12H16O5. The number of aryl methyl sites for hydroxylation is 1. The number of hydrogen-bond acceptors (Lipinski definition) is 4. The van der Waals surface area contributed by atoms with Crippen molar-refractivity contribution in [1.82, 2.24) is 0 Å². The fourth-order valence-corrected chi connectivity index (χ4v) is 1.60. The second-order valence-corrected chi connectivity index (χ2v) is 3.84. The highest BCUT2D eigenvalue weighted by atomic mass is 16.5. The predicted octanol–water partition coefficient (Wildman–Crippen LogP) is 0.873. The van der Waals surface area contributed by atoms with Crippen molar-refractivity contribution in [3.05, 3.63) is 29.3 Å². The molecule has 0 saturated heterocycles. The summed E-state index contributed by atoms with van der Waals surface area (Å²) in [5, 5.41) is 27.8. The number of ether oxygens (including phenoxy) is 1. The fourth-order valence-electron chi connectivity index (χ4n) is 1.60. The van der Waals surface area contributed by atoms with E-state index >= 15 is 0 Å². The molecule has 0 heterocycles. The largest absolute Gasteiger partial charge is 0.496 e. The van der Waals surface area contributed by atoms with Crippen molar-refractivity contribution in [2.24, 2.45) is 0 Å². The number of rotatable bonds is 5. The molecule has 0 aromatic heterocycles. The molecule has 0 bridgehead atoms. The summed E-state index contributed by atoms with van der Waals surface area (Å²) >= 11 is 0. The van der Waals surface area contributed by atoms with E-state index in [1.807, 2.05) is 0 Å². The Balaban J connectivity index is 2.85. The molecule has 0 spiro atoms. The minimum Gasteiger partial charge on any atom is -0.496 e. The monoisotopic (exact) mass is 240 g/mol. The number of aliphatic hydroxyl groups excluding tert-OH is 2. The predicted molar refractivity (Wildman–Crippen MR) is 61.0 cm³/mol. The van der Waals surface area contributed by atoms with Gasteiger partial charge >= 0.3 is 5.97 Å².